The molecule has 2 amide bonds. The van der Waals surface area contributed by atoms with Crippen molar-refractivity contribution in [3.05, 3.63) is 70.9 Å². The summed E-state index contributed by atoms with van der Waals surface area (Å²) in [5, 5.41) is 5.09. The Bertz CT molecular complexity index is 984. The maximum Gasteiger partial charge on any atom is 0.355 e. The van der Waals surface area contributed by atoms with Gasteiger partial charge in [0.25, 0.3) is 0 Å². The first kappa shape index (κ1) is 19.9. The molecule has 3 rings (SSSR count). The average molecular weight is 396 g/mol. The highest BCUT2D eigenvalue weighted by molar-refractivity contribution is 6.15. The second-order valence-corrected chi connectivity index (χ2v) is 6.11. The van der Waals surface area contributed by atoms with Gasteiger partial charge in [0.15, 0.2) is 5.78 Å². The molecule has 150 valence electrons. The Labute approximate surface area is 167 Å². The fraction of sp³-hybridized carbons (Fsp3) is 0.190. The number of carbonyl (C=O) groups excluding carboxylic acids is 3. The van der Waals surface area contributed by atoms with Crippen molar-refractivity contribution < 1.29 is 28.6 Å². The Morgan fingerprint density at radius 2 is 1.69 bits per heavy atom. The van der Waals surface area contributed by atoms with Crippen molar-refractivity contribution in [1.29, 1.82) is 0 Å². The van der Waals surface area contributed by atoms with E-state index in [1.54, 1.807) is 48.5 Å². The number of carbonyl (C=O) groups is 3. The van der Waals surface area contributed by atoms with Crippen LogP contribution in [0.2, 0.25) is 0 Å². The van der Waals surface area contributed by atoms with Gasteiger partial charge in [0.05, 0.1) is 32.9 Å². The van der Waals surface area contributed by atoms with Gasteiger partial charge in [-0.1, -0.05) is 30.3 Å². The van der Waals surface area contributed by atoms with Crippen LogP contribution in [0.5, 0.6) is 11.5 Å². The fourth-order valence-electron chi connectivity index (χ4n) is 3.11. The lowest BCUT2D eigenvalue weighted by Crippen LogP contribution is -2.47. The minimum absolute atomic E-state index is 0.0473. The molecular weight excluding hydrogens is 376 g/mol. The predicted molar refractivity (Wildman–Crippen MR) is 104 cm³/mol. The van der Waals surface area contributed by atoms with Crippen LogP contribution in [0.25, 0.3) is 0 Å². The lowest BCUT2D eigenvalue weighted by Gasteiger charge is -2.29. The number of methoxy groups -OCH3 is 3. The Morgan fingerprint density at radius 1 is 0.966 bits per heavy atom. The molecule has 0 fully saturated rings. The summed E-state index contributed by atoms with van der Waals surface area (Å²) in [5.74, 6) is -0.323. The van der Waals surface area contributed by atoms with E-state index in [2.05, 4.69) is 10.6 Å². The zero-order valence-corrected chi connectivity index (χ0v) is 16.1. The molecule has 0 saturated heterocycles. The maximum absolute atomic E-state index is 13.3. The highest BCUT2D eigenvalue weighted by Crippen LogP contribution is 2.36. The van der Waals surface area contributed by atoms with E-state index in [-0.39, 0.29) is 11.3 Å². The highest BCUT2D eigenvalue weighted by Gasteiger charge is 2.37. The van der Waals surface area contributed by atoms with Crippen LogP contribution in [0.4, 0.5) is 4.79 Å². The first-order valence-electron chi connectivity index (χ1n) is 8.71. The molecule has 0 bridgehead atoms. The van der Waals surface area contributed by atoms with Crippen molar-refractivity contribution in [1.82, 2.24) is 10.6 Å². The molecular formula is C21H20N2O6. The molecule has 0 radical (unpaired) electrons. The van der Waals surface area contributed by atoms with Crippen LogP contribution in [0.15, 0.2) is 59.8 Å². The zero-order valence-electron chi connectivity index (χ0n) is 16.1. The number of hydrogen-bond donors (Lipinski definition) is 2. The van der Waals surface area contributed by atoms with E-state index in [1.807, 2.05) is 0 Å². The number of rotatable bonds is 6. The van der Waals surface area contributed by atoms with E-state index in [1.165, 1.54) is 21.3 Å². The maximum atomic E-state index is 13.3. The van der Waals surface area contributed by atoms with Crippen molar-refractivity contribution in [2.24, 2.45) is 0 Å². The number of ether oxygens (including phenoxy) is 3. The number of nitrogens with one attached hydrogen (secondary N) is 2. The van der Waals surface area contributed by atoms with Crippen molar-refractivity contribution in [2.45, 2.75) is 6.04 Å². The van der Waals surface area contributed by atoms with E-state index < -0.39 is 23.8 Å². The molecule has 0 aliphatic carbocycles. The molecule has 0 saturated carbocycles. The third kappa shape index (κ3) is 3.91. The van der Waals surface area contributed by atoms with Crippen LogP contribution in [0, 0.1) is 0 Å². The molecule has 2 aromatic rings. The van der Waals surface area contributed by atoms with Gasteiger partial charge in [0.2, 0.25) is 0 Å². The molecule has 0 aromatic heterocycles. The number of amides is 2. The van der Waals surface area contributed by atoms with Gasteiger partial charge < -0.3 is 24.8 Å². The number of urea groups is 1. The summed E-state index contributed by atoms with van der Waals surface area (Å²) >= 11 is 0. The first-order chi connectivity index (χ1) is 14.0. The van der Waals surface area contributed by atoms with Crippen molar-refractivity contribution in [2.75, 3.05) is 21.3 Å². The largest absolute Gasteiger partial charge is 0.497 e. The number of Topliss-reactive ketones (excluding diaryl/α,β-unsaturated/α-hetero) is 1. The van der Waals surface area contributed by atoms with Crippen molar-refractivity contribution in [3.8, 4) is 11.5 Å². The molecule has 1 aliphatic heterocycles. The Morgan fingerprint density at radius 3 is 2.31 bits per heavy atom. The molecule has 0 spiro atoms. The average Bonchev–Trinajstić information content (AvgIpc) is 2.77. The molecule has 1 atom stereocenters. The third-order valence-corrected chi connectivity index (χ3v) is 4.49. The Balaban J connectivity index is 2.22. The summed E-state index contributed by atoms with van der Waals surface area (Å²) in [4.78, 5) is 37.9. The summed E-state index contributed by atoms with van der Waals surface area (Å²) in [5.41, 5.74) is 0.683. The van der Waals surface area contributed by atoms with Gasteiger partial charge in [-0.05, 0) is 12.1 Å². The Kier molecular flexibility index (Phi) is 5.82. The lowest BCUT2D eigenvalue weighted by molar-refractivity contribution is -0.136. The summed E-state index contributed by atoms with van der Waals surface area (Å²) < 4.78 is 15.4. The Hall–Kier alpha value is -3.81. The van der Waals surface area contributed by atoms with Gasteiger partial charge in [-0.15, -0.1) is 0 Å². The van der Waals surface area contributed by atoms with Gasteiger partial charge in [0, 0.05) is 17.2 Å². The van der Waals surface area contributed by atoms with Gasteiger partial charge in [-0.25, -0.2) is 9.59 Å². The molecule has 2 N–H and O–H groups in total. The monoisotopic (exact) mass is 396 g/mol. The van der Waals surface area contributed by atoms with Gasteiger partial charge in [0.1, 0.15) is 17.2 Å². The standard InChI is InChI=1S/C21H20N2O6/c1-27-13-9-10-14(15(11-13)28-2)17-16(19(24)12-7-5-4-6-8-12)18(20(25)29-3)23-21(26)22-17/h4-11,17H,1-3H3,(H2,22,23,26)/t17-/m1/s1. The second-order valence-electron chi connectivity index (χ2n) is 6.11. The summed E-state index contributed by atoms with van der Waals surface area (Å²) in [6.45, 7) is 0. The van der Waals surface area contributed by atoms with E-state index in [4.69, 9.17) is 14.2 Å². The van der Waals surface area contributed by atoms with Crippen LogP contribution in [-0.4, -0.2) is 39.1 Å². The lowest BCUT2D eigenvalue weighted by atomic mass is 9.88. The first-order valence-corrected chi connectivity index (χ1v) is 8.71. The molecule has 1 heterocycles. The topological polar surface area (TPSA) is 103 Å². The molecule has 8 heteroatoms. The van der Waals surface area contributed by atoms with Crippen LogP contribution < -0.4 is 20.1 Å². The van der Waals surface area contributed by atoms with E-state index in [0.717, 1.165) is 0 Å². The minimum atomic E-state index is -0.939. The van der Waals surface area contributed by atoms with Crippen LogP contribution >= 0.6 is 0 Å². The zero-order chi connectivity index (χ0) is 21.0. The van der Waals surface area contributed by atoms with Crippen LogP contribution in [-0.2, 0) is 9.53 Å². The molecule has 0 unspecified atom stereocenters. The van der Waals surface area contributed by atoms with Gasteiger partial charge >= 0.3 is 12.0 Å². The van der Waals surface area contributed by atoms with Crippen LogP contribution in [0.3, 0.4) is 0 Å². The summed E-state index contributed by atoms with van der Waals surface area (Å²) in [6.07, 6.45) is 0. The molecule has 2 aromatic carbocycles. The van der Waals surface area contributed by atoms with Gasteiger partial charge in [-0.2, -0.15) is 0 Å². The normalized spacial score (nSPS) is 15.8. The molecule has 8 nitrogen and oxygen atoms in total. The highest BCUT2D eigenvalue weighted by atomic mass is 16.5. The fourth-order valence-corrected chi connectivity index (χ4v) is 3.11. The quantitative estimate of drug-likeness (QED) is 0.574. The van der Waals surface area contributed by atoms with E-state index in [9.17, 15) is 14.4 Å². The second kappa shape index (κ2) is 8.47. The third-order valence-electron chi connectivity index (χ3n) is 4.49. The SMILES string of the molecule is COC(=O)C1=C(C(=O)c2ccccc2)[C@@H](c2ccc(OC)cc2OC)NC(=O)N1. The number of ketones is 1. The molecule has 29 heavy (non-hydrogen) atoms. The smallest absolute Gasteiger partial charge is 0.355 e. The molecule has 1 aliphatic rings. The van der Waals surface area contributed by atoms with Crippen molar-refractivity contribution in [3.63, 3.8) is 0 Å². The number of esters is 1. The van der Waals surface area contributed by atoms with E-state index >= 15 is 0 Å². The predicted octanol–water partition coefficient (Wildman–Crippen LogP) is 2.37. The summed E-state index contributed by atoms with van der Waals surface area (Å²) in [6, 6.07) is 11.8. The summed E-state index contributed by atoms with van der Waals surface area (Å²) in [7, 11) is 4.16. The van der Waals surface area contributed by atoms with Crippen molar-refractivity contribution >= 4 is 17.8 Å². The van der Waals surface area contributed by atoms with E-state index in [0.29, 0.717) is 22.6 Å². The van der Waals surface area contributed by atoms with Crippen LogP contribution in [0.1, 0.15) is 22.0 Å². The number of benzene rings is 2. The van der Waals surface area contributed by atoms with Gasteiger partial charge in [-0.3, -0.25) is 4.79 Å². The minimum Gasteiger partial charge on any atom is -0.497 e. The number of hydrogen-bond acceptors (Lipinski definition) is 6.